The van der Waals surface area contributed by atoms with Crippen molar-refractivity contribution < 1.29 is 4.74 Å². The molecule has 1 aromatic heterocycles. The highest BCUT2D eigenvalue weighted by Crippen LogP contribution is 2.34. The first-order chi connectivity index (χ1) is 17.2. The second-order valence-electron chi connectivity index (χ2n) is 8.45. The van der Waals surface area contributed by atoms with Gasteiger partial charge in [0.25, 0.3) is 0 Å². The predicted octanol–water partition coefficient (Wildman–Crippen LogP) is 6.67. The molecular weight excluding hydrogens is 452 g/mol. The molecule has 0 amide bonds. The molecule has 5 nitrogen and oxygen atoms in total. The molecule has 0 saturated heterocycles. The Morgan fingerprint density at radius 3 is 2.83 bits per heavy atom. The topological polar surface area (TPSA) is 76.3 Å². The lowest BCUT2D eigenvalue weighted by Gasteiger charge is -2.21. The van der Waals surface area contributed by atoms with E-state index in [1.165, 1.54) is 32.7 Å². The number of allylic oxidation sites excluding steroid dienone is 2. The van der Waals surface area contributed by atoms with Gasteiger partial charge in [-0.3, -0.25) is 4.99 Å². The molecule has 0 radical (unpaired) electrons. The van der Waals surface area contributed by atoms with Crippen molar-refractivity contribution in [2.45, 2.75) is 38.0 Å². The van der Waals surface area contributed by atoms with Crippen molar-refractivity contribution >= 4 is 29.6 Å². The number of aromatic amines is 1. The summed E-state index contributed by atoms with van der Waals surface area (Å²) in [4.78, 5) is 12.9. The van der Waals surface area contributed by atoms with Crippen LogP contribution in [-0.4, -0.2) is 28.5 Å². The zero-order chi connectivity index (χ0) is 24.5. The van der Waals surface area contributed by atoms with E-state index in [2.05, 4.69) is 65.2 Å². The highest BCUT2D eigenvalue weighted by molar-refractivity contribution is 7.99. The first kappa shape index (κ1) is 24.6. The van der Waals surface area contributed by atoms with Gasteiger partial charge >= 0.3 is 0 Å². The average molecular weight is 485 g/mol. The van der Waals surface area contributed by atoms with E-state index in [1.807, 2.05) is 42.4 Å². The van der Waals surface area contributed by atoms with Crippen molar-refractivity contribution in [2.75, 3.05) is 12.4 Å². The number of benzene rings is 2. The lowest BCUT2D eigenvalue weighted by atomic mass is 9.96. The van der Waals surface area contributed by atoms with E-state index >= 15 is 0 Å². The molecule has 180 valence electrons. The summed E-state index contributed by atoms with van der Waals surface area (Å²) >= 11 is 1.88. The van der Waals surface area contributed by atoms with Gasteiger partial charge in [-0.2, -0.15) is 0 Å². The quantitative estimate of drug-likeness (QED) is 0.383. The highest BCUT2D eigenvalue weighted by Gasteiger charge is 2.17. The van der Waals surface area contributed by atoms with Gasteiger partial charge in [0.05, 0.1) is 12.0 Å². The standard InChI is InChI=1S/C15H18N2S.C14H14N2O/c1-2-7-17-14(10-16)9-12-8-13-5-3-4-6-15(13)18-11-12;1-10-11(6-12-7-15-9-16-12)8-17-14-5-3-2-4-13(10)14/h3-8,10H,2,9,11,16H2,1H3;2-5,7,9H,6,8H2,1H3,(H,15,16)/b14-10-,17-7?;. The first-order valence-corrected chi connectivity index (χ1v) is 12.9. The Morgan fingerprint density at radius 1 is 1.20 bits per heavy atom. The number of nitrogens with two attached hydrogens (primary N) is 1. The van der Waals surface area contributed by atoms with Crippen molar-refractivity contribution in [3.63, 3.8) is 0 Å². The highest BCUT2D eigenvalue weighted by atomic mass is 32.2. The van der Waals surface area contributed by atoms with Crippen LogP contribution in [-0.2, 0) is 6.42 Å². The maximum absolute atomic E-state index is 5.76. The summed E-state index contributed by atoms with van der Waals surface area (Å²) in [7, 11) is 0. The monoisotopic (exact) mass is 484 g/mol. The Balaban J connectivity index is 0.000000165. The van der Waals surface area contributed by atoms with Gasteiger partial charge < -0.3 is 15.5 Å². The van der Waals surface area contributed by atoms with E-state index in [4.69, 9.17) is 10.5 Å². The Labute approximate surface area is 211 Å². The molecule has 2 aliphatic heterocycles. The molecule has 2 aliphatic rings. The lowest BCUT2D eigenvalue weighted by molar-refractivity contribution is 0.342. The van der Waals surface area contributed by atoms with Crippen molar-refractivity contribution in [3.8, 4) is 5.75 Å². The SMILES string of the molecule is CC1=C(Cc2cnc[nH]2)COc2ccccc21.CCC=N/C(=C\N)CC1=Cc2ccccc2SC1. The van der Waals surface area contributed by atoms with E-state index in [1.54, 1.807) is 12.5 Å². The zero-order valence-corrected chi connectivity index (χ0v) is 21.1. The Kier molecular flexibility index (Phi) is 8.63. The number of nitrogens with zero attached hydrogens (tertiary/aromatic N) is 2. The molecule has 35 heavy (non-hydrogen) atoms. The summed E-state index contributed by atoms with van der Waals surface area (Å²) in [5.41, 5.74) is 14.2. The molecule has 0 saturated carbocycles. The van der Waals surface area contributed by atoms with Crippen LogP contribution in [0.15, 0.2) is 94.0 Å². The number of ether oxygens (including phenoxy) is 1. The van der Waals surface area contributed by atoms with Crippen LogP contribution in [0.2, 0.25) is 0 Å². The smallest absolute Gasteiger partial charge is 0.127 e. The summed E-state index contributed by atoms with van der Waals surface area (Å²) in [6.45, 7) is 4.90. The maximum Gasteiger partial charge on any atom is 0.127 e. The zero-order valence-electron chi connectivity index (χ0n) is 20.3. The van der Waals surface area contributed by atoms with Crippen LogP contribution in [0.3, 0.4) is 0 Å². The minimum absolute atomic E-state index is 0.669. The molecule has 3 aromatic rings. The fourth-order valence-corrected chi connectivity index (χ4v) is 5.01. The summed E-state index contributed by atoms with van der Waals surface area (Å²) in [6.07, 6.45) is 12.0. The van der Waals surface area contributed by atoms with Crippen LogP contribution >= 0.6 is 11.8 Å². The molecule has 5 rings (SSSR count). The second-order valence-corrected chi connectivity index (χ2v) is 9.47. The van der Waals surface area contributed by atoms with E-state index in [0.29, 0.717) is 6.61 Å². The van der Waals surface area contributed by atoms with Crippen LogP contribution in [0.4, 0.5) is 0 Å². The fourth-order valence-electron chi connectivity index (χ4n) is 4.01. The van der Waals surface area contributed by atoms with E-state index in [9.17, 15) is 0 Å². The Hall–Kier alpha value is -3.51. The lowest BCUT2D eigenvalue weighted by Crippen LogP contribution is -2.12. The van der Waals surface area contributed by atoms with Crippen LogP contribution in [0.5, 0.6) is 5.75 Å². The normalized spacial score (nSPS) is 15.0. The molecule has 2 aromatic carbocycles. The largest absolute Gasteiger partial charge is 0.489 e. The van der Waals surface area contributed by atoms with E-state index in [-0.39, 0.29) is 0 Å². The maximum atomic E-state index is 5.76. The minimum atomic E-state index is 0.669. The van der Waals surface area contributed by atoms with Crippen LogP contribution in [0.25, 0.3) is 11.6 Å². The van der Waals surface area contributed by atoms with Crippen molar-refractivity contribution in [1.82, 2.24) is 9.97 Å². The van der Waals surface area contributed by atoms with Gasteiger partial charge in [-0.25, -0.2) is 4.98 Å². The number of imidazole rings is 1. The summed E-state index contributed by atoms with van der Waals surface area (Å²) < 4.78 is 5.76. The van der Waals surface area contributed by atoms with Crippen LogP contribution in [0, 0.1) is 0 Å². The Bertz CT molecular complexity index is 1260. The molecular formula is C29H32N4OS. The number of rotatable bonds is 6. The summed E-state index contributed by atoms with van der Waals surface area (Å²) in [5.74, 6) is 2.01. The summed E-state index contributed by atoms with van der Waals surface area (Å²) in [6, 6.07) is 16.7. The molecule has 6 heteroatoms. The fraction of sp³-hybridized carbons (Fsp3) is 0.241. The molecule has 0 atom stereocenters. The first-order valence-electron chi connectivity index (χ1n) is 11.9. The van der Waals surface area contributed by atoms with Gasteiger partial charge in [0.2, 0.25) is 0 Å². The van der Waals surface area contributed by atoms with Gasteiger partial charge in [0.1, 0.15) is 12.4 Å². The third-order valence-corrected chi connectivity index (χ3v) is 7.11. The third-order valence-electron chi connectivity index (χ3n) is 5.91. The molecule has 0 aliphatic carbocycles. The number of aromatic nitrogens is 2. The Morgan fingerprint density at radius 2 is 2.03 bits per heavy atom. The molecule has 0 spiro atoms. The van der Waals surface area contributed by atoms with Crippen LogP contribution < -0.4 is 10.5 Å². The molecule has 3 N–H and O–H groups in total. The van der Waals surface area contributed by atoms with E-state index in [0.717, 1.165) is 42.2 Å². The van der Waals surface area contributed by atoms with Gasteiger partial charge in [-0.1, -0.05) is 55.0 Å². The van der Waals surface area contributed by atoms with Crippen LogP contribution in [0.1, 0.15) is 43.5 Å². The molecule has 0 fully saturated rings. The number of thioether (sulfide) groups is 1. The third kappa shape index (κ3) is 6.55. The van der Waals surface area contributed by atoms with Crippen molar-refractivity contribution in [1.29, 1.82) is 0 Å². The number of nitrogens with one attached hydrogen (secondary N) is 1. The number of aliphatic imine (C=N–C) groups is 1. The summed E-state index contributed by atoms with van der Waals surface area (Å²) in [5, 5.41) is 0. The van der Waals surface area contributed by atoms with E-state index < -0.39 is 0 Å². The minimum Gasteiger partial charge on any atom is -0.489 e. The molecule has 0 unspecified atom stereocenters. The molecule has 0 bridgehead atoms. The second kappa shape index (κ2) is 12.3. The molecule has 3 heterocycles. The van der Waals surface area contributed by atoms with Crippen molar-refractivity contribution in [2.24, 2.45) is 10.7 Å². The van der Waals surface area contributed by atoms with Gasteiger partial charge in [0, 0.05) is 53.4 Å². The number of H-pyrrole nitrogens is 1. The predicted molar refractivity (Wildman–Crippen MR) is 148 cm³/mol. The van der Waals surface area contributed by atoms with Gasteiger partial charge in [-0.15, -0.1) is 11.8 Å². The van der Waals surface area contributed by atoms with Gasteiger partial charge in [-0.05, 0) is 42.2 Å². The van der Waals surface area contributed by atoms with Gasteiger partial charge in [0.15, 0.2) is 0 Å². The number of para-hydroxylation sites is 1. The van der Waals surface area contributed by atoms with Crippen molar-refractivity contribution in [3.05, 3.63) is 101 Å². The number of hydrogen-bond acceptors (Lipinski definition) is 5. The number of hydrogen-bond donors (Lipinski definition) is 2. The average Bonchev–Trinajstić information content (AvgIpc) is 3.42. The number of fused-ring (bicyclic) bond motifs is 2.